The average molecular weight is 435 g/mol. The summed E-state index contributed by atoms with van der Waals surface area (Å²) in [6.45, 7) is 2.11. The van der Waals surface area contributed by atoms with E-state index in [4.69, 9.17) is 9.72 Å². The van der Waals surface area contributed by atoms with Gasteiger partial charge in [0.1, 0.15) is 11.3 Å². The number of nitrogens with one attached hydrogen (secondary N) is 4. The Morgan fingerprint density at radius 2 is 2.06 bits per heavy atom. The number of anilines is 4. The first kappa shape index (κ1) is 19.6. The van der Waals surface area contributed by atoms with Crippen LogP contribution in [-0.2, 0) is 0 Å². The quantitative estimate of drug-likeness (QED) is 0.468. The molecular formula is C23H30N8O. The van der Waals surface area contributed by atoms with Crippen molar-refractivity contribution in [2.24, 2.45) is 0 Å². The number of methoxy groups -OCH3 is 1. The maximum atomic E-state index is 5.73. The lowest BCUT2D eigenvalue weighted by Crippen LogP contribution is -2.43. The molecular weight excluding hydrogens is 404 g/mol. The number of aromatic amines is 1. The summed E-state index contributed by atoms with van der Waals surface area (Å²) in [4.78, 5) is 19.5. The van der Waals surface area contributed by atoms with E-state index in [0.717, 1.165) is 41.5 Å². The number of piperazine rings is 1. The average Bonchev–Trinajstić information content (AvgIpc) is 3.57. The summed E-state index contributed by atoms with van der Waals surface area (Å²) in [5, 5.41) is 10.5. The van der Waals surface area contributed by atoms with Gasteiger partial charge < -0.3 is 30.6 Å². The minimum Gasteiger partial charge on any atom is -0.494 e. The zero-order valence-corrected chi connectivity index (χ0v) is 18.4. The van der Waals surface area contributed by atoms with E-state index in [1.807, 2.05) is 0 Å². The largest absolute Gasteiger partial charge is 0.494 e. The number of benzene rings is 1. The molecule has 2 aliphatic heterocycles. The number of nitrogens with zero attached hydrogens (tertiary/aromatic N) is 4. The first-order chi connectivity index (χ1) is 15.8. The normalized spacial score (nSPS) is 23.1. The first-order valence-corrected chi connectivity index (χ1v) is 11.7. The van der Waals surface area contributed by atoms with Crippen LogP contribution >= 0.6 is 0 Å². The highest BCUT2D eigenvalue weighted by Crippen LogP contribution is 2.36. The van der Waals surface area contributed by atoms with Gasteiger partial charge in [-0.2, -0.15) is 9.97 Å². The summed E-state index contributed by atoms with van der Waals surface area (Å²) in [5.41, 5.74) is 3.55. The van der Waals surface area contributed by atoms with E-state index in [-0.39, 0.29) is 0 Å². The smallest absolute Gasteiger partial charge is 0.231 e. The second kappa shape index (κ2) is 8.12. The van der Waals surface area contributed by atoms with E-state index in [0.29, 0.717) is 24.1 Å². The number of ether oxygens (including phenoxy) is 1. The van der Waals surface area contributed by atoms with Gasteiger partial charge >= 0.3 is 0 Å². The molecule has 1 saturated carbocycles. The van der Waals surface area contributed by atoms with Crippen molar-refractivity contribution in [3.63, 3.8) is 0 Å². The number of fused-ring (bicyclic) bond motifs is 3. The molecule has 3 aliphatic rings. The van der Waals surface area contributed by atoms with Crippen LogP contribution in [0.2, 0.25) is 0 Å². The molecule has 3 aromatic rings. The van der Waals surface area contributed by atoms with Gasteiger partial charge in [0.15, 0.2) is 11.5 Å². The summed E-state index contributed by atoms with van der Waals surface area (Å²) in [6.07, 6.45) is 9.06. The Bertz CT molecular complexity index is 1110. The predicted octanol–water partition coefficient (Wildman–Crippen LogP) is 3.40. The zero-order valence-electron chi connectivity index (χ0n) is 18.4. The summed E-state index contributed by atoms with van der Waals surface area (Å²) in [7, 11) is 1.71. The highest BCUT2D eigenvalue weighted by Gasteiger charge is 2.37. The summed E-state index contributed by atoms with van der Waals surface area (Å²) >= 11 is 0. The number of aromatic nitrogens is 4. The standard InChI is InChI=1S/C23H30N8O/c1-32-19-10-16(31-12-15-9-17(31)11-24-15)7-8-18(19)28-23-29-21-20(25-13-26-21)22(30-23)27-14-5-3-2-4-6-14/h7-8,10,13-15,17,24H,2-6,9,11-12H2,1H3,(H3,25,26,27,28,29,30). The molecule has 0 radical (unpaired) electrons. The predicted molar refractivity (Wildman–Crippen MR) is 126 cm³/mol. The number of hydrogen-bond donors (Lipinski definition) is 4. The van der Waals surface area contributed by atoms with Gasteiger partial charge in [-0.1, -0.05) is 19.3 Å². The molecule has 6 rings (SSSR count). The maximum absolute atomic E-state index is 5.73. The molecule has 168 valence electrons. The van der Waals surface area contributed by atoms with Gasteiger partial charge in [-0.3, -0.25) is 0 Å². The van der Waals surface area contributed by atoms with E-state index in [9.17, 15) is 0 Å². The van der Waals surface area contributed by atoms with Gasteiger partial charge in [0, 0.05) is 43.0 Å². The second-order valence-electron chi connectivity index (χ2n) is 9.13. The third-order valence-electron chi connectivity index (χ3n) is 7.04. The lowest BCUT2D eigenvalue weighted by molar-refractivity contribution is 0.416. The molecule has 3 fully saturated rings. The van der Waals surface area contributed by atoms with E-state index in [1.54, 1.807) is 13.4 Å². The molecule has 2 atom stereocenters. The van der Waals surface area contributed by atoms with Crippen LogP contribution < -0.4 is 25.6 Å². The molecule has 2 aromatic heterocycles. The van der Waals surface area contributed by atoms with Crippen LogP contribution in [0.5, 0.6) is 5.75 Å². The monoisotopic (exact) mass is 434 g/mol. The van der Waals surface area contributed by atoms with Crippen LogP contribution in [-0.4, -0.2) is 58.3 Å². The molecule has 9 heteroatoms. The Morgan fingerprint density at radius 3 is 2.84 bits per heavy atom. The Morgan fingerprint density at radius 1 is 1.16 bits per heavy atom. The van der Waals surface area contributed by atoms with Gasteiger partial charge in [0.25, 0.3) is 0 Å². The van der Waals surface area contributed by atoms with Crippen LogP contribution in [0, 0.1) is 0 Å². The van der Waals surface area contributed by atoms with Crippen LogP contribution in [0.25, 0.3) is 11.2 Å². The Kier molecular flexibility index (Phi) is 4.98. The van der Waals surface area contributed by atoms with Crippen molar-refractivity contribution in [3.05, 3.63) is 24.5 Å². The molecule has 2 saturated heterocycles. The van der Waals surface area contributed by atoms with Gasteiger partial charge in [-0.25, -0.2) is 4.98 Å². The molecule has 2 unspecified atom stereocenters. The van der Waals surface area contributed by atoms with Gasteiger partial charge in [-0.05, 0) is 31.4 Å². The van der Waals surface area contributed by atoms with E-state index in [1.165, 1.54) is 44.2 Å². The minimum absolute atomic E-state index is 0.436. The van der Waals surface area contributed by atoms with Crippen molar-refractivity contribution in [2.75, 3.05) is 35.7 Å². The van der Waals surface area contributed by atoms with Crippen molar-refractivity contribution >= 4 is 34.3 Å². The van der Waals surface area contributed by atoms with E-state index < -0.39 is 0 Å². The van der Waals surface area contributed by atoms with Crippen LogP contribution in [0.3, 0.4) is 0 Å². The van der Waals surface area contributed by atoms with Crippen molar-refractivity contribution in [1.82, 2.24) is 25.3 Å². The van der Waals surface area contributed by atoms with Crippen LogP contribution in [0.1, 0.15) is 38.5 Å². The molecule has 2 bridgehead atoms. The van der Waals surface area contributed by atoms with Crippen molar-refractivity contribution in [1.29, 1.82) is 0 Å². The summed E-state index contributed by atoms with van der Waals surface area (Å²) in [6, 6.07) is 7.94. The number of hydrogen-bond acceptors (Lipinski definition) is 8. The van der Waals surface area contributed by atoms with Crippen LogP contribution in [0.4, 0.5) is 23.1 Å². The van der Waals surface area contributed by atoms with E-state index >= 15 is 0 Å². The highest BCUT2D eigenvalue weighted by atomic mass is 16.5. The van der Waals surface area contributed by atoms with E-state index in [2.05, 4.69) is 54.0 Å². The fourth-order valence-corrected chi connectivity index (χ4v) is 5.39. The fraction of sp³-hybridized carbons (Fsp3) is 0.522. The minimum atomic E-state index is 0.436. The molecule has 1 aromatic carbocycles. The van der Waals surface area contributed by atoms with Gasteiger partial charge in [0.2, 0.25) is 5.95 Å². The third kappa shape index (κ3) is 3.60. The maximum Gasteiger partial charge on any atom is 0.231 e. The lowest BCUT2D eigenvalue weighted by Gasteiger charge is -2.30. The third-order valence-corrected chi connectivity index (χ3v) is 7.04. The van der Waals surface area contributed by atoms with Crippen LogP contribution in [0.15, 0.2) is 24.5 Å². The molecule has 4 heterocycles. The number of H-pyrrole nitrogens is 1. The SMILES string of the molecule is COc1cc(N2CC3CC2CN3)ccc1Nc1nc(NC2CCCCC2)c2nc[nH]c2n1. The molecule has 32 heavy (non-hydrogen) atoms. The second-order valence-corrected chi connectivity index (χ2v) is 9.13. The molecule has 4 N–H and O–H groups in total. The molecule has 0 spiro atoms. The molecule has 1 aliphatic carbocycles. The highest BCUT2D eigenvalue weighted by molar-refractivity contribution is 5.84. The van der Waals surface area contributed by atoms with Gasteiger partial charge in [-0.15, -0.1) is 0 Å². The van der Waals surface area contributed by atoms with Crippen molar-refractivity contribution in [3.8, 4) is 5.75 Å². The first-order valence-electron chi connectivity index (χ1n) is 11.7. The molecule has 9 nitrogen and oxygen atoms in total. The van der Waals surface area contributed by atoms with Gasteiger partial charge in [0.05, 0.1) is 19.1 Å². The Balaban J connectivity index is 1.27. The lowest BCUT2D eigenvalue weighted by atomic mass is 9.95. The van der Waals surface area contributed by atoms with Crippen molar-refractivity contribution in [2.45, 2.75) is 56.7 Å². The summed E-state index contributed by atoms with van der Waals surface area (Å²) in [5.74, 6) is 2.09. The van der Waals surface area contributed by atoms with Crippen molar-refractivity contribution < 1.29 is 4.74 Å². The Labute approximate surface area is 187 Å². The zero-order chi connectivity index (χ0) is 21.5. The summed E-state index contributed by atoms with van der Waals surface area (Å²) < 4.78 is 5.73. The Hall–Kier alpha value is -3.07. The molecule has 0 amide bonds. The number of imidazole rings is 1. The number of rotatable bonds is 6. The fourth-order valence-electron chi connectivity index (χ4n) is 5.39. The topological polar surface area (TPSA) is 103 Å².